The number of rotatable bonds is 5. The second-order valence-electron chi connectivity index (χ2n) is 6.12. The van der Waals surface area contributed by atoms with Crippen LogP contribution in [0.3, 0.4) is 0 Å². The number of aryl methyl sites for hydroxylation is 1. The van der Waals surface area contributed by atoms with Crippen molar-refractivity contribution in [1.82, 2.24) is 5.32 Å². The Balaban J connectivity index is 1.79. The first-order chi connectivity index (χ1) is 12.3. The fourth-order valence-corrected chi connectivity index (χ4v) is 3.54. The maximum absolute atomic E-state index is 14.7. The van der Waals surface area contributed by atoms with Gasteiger partial charge in [-0.3, -0.25) is 0 Å². The minimum Gasteiger partial charge on any atom is -0.370 e. The summed E-state index contributed by atoms with van der Waals surface area (Å²) in [5.74, 6) is -2.29. The van der Waals surface area contributed by atoms with Crippen LogP contribution in [0.15, 0.2) is 48.7 Å². The molecular weight excluding hydrogens is 379 g/mol. The zero-order valence-corrected chi connectivity index (χ0v) is 15.2. The Hall–Kier alpha value is -2.13. The summed E-state index contributed by atoms with van der Waals surface area (Å²) in [4.78, 5) is 11.2. The summed E-state index contributed by atoms with van der Waals surface area (Å²) in [5.41, 5.74) is 2.75. The number of fused-ring (bicyclic) bond motifs is 1. The number of nitrogens with one attached hydrogen (secondary N) is 1. The Morgan fingerprint density at radius 1 is 1.19 bits per heavy atom. The van der Waals surface area contributed by atoms with Gasteiger partial charge >= 0.3 is 5.92 Å². The predicted molar refractivity (Wildman–Crippen MR) is 100 cm³/mol. The van der Waals surface area contributed by atoms with Crippen LogP contribution in [-0.4, -0.2) is 5.94 Å². The highest BCUT2D eigenvalue weighted by molar-refractivity contribution is 6.35. The number of carbonyl (C=O) groups excluding carboxylic acids is 1. The summed E-state index contributed by atoms with van der Waals surface area (Å²) in [5, 5.41) is 2.52. The Labute approximate surface area is 160 Å². The lowest BCUT2D eigenvalue weighted by atomic mass is 10.0. The van der Waals surface area contributed by atoms with Crippen molar-refractivity contribution in [1.29, 1.82) is 0 Å². The molecule has 0 aliphatic heterocycles. The van der Waals surface area contributed by atoms with Gasteiger partial charge in [0.25, 0.3) is 0 Å². The molecule has 1 N–H and O–H groups in total. The predicted octanol–water partition coefficient (Wildman–Crippen LogP) is 5.55. The van der Waals surface area contributed by atoms with Crippen LogP contribution < -0.4 is 5.32 Å². The molecule has 2 aromatic carbocycles. The molecule has 0 saturated carbocycles. The summed E-state index contributed by atoms with van der Waals surface area (Å²) in [6.45, 7) is 4.08. The first-order valence-electron chi connectivity index (χ1n) is 7.95. The number of hydrogen-bond acceptors (Lipinski definition) is 2. The van der Waals surface area contributed by atoms with E-state index in [-0.39, 0.29) is 16.6 Å². The summed E-state index contributed by atoms with van der Waals surface area (Å²) in [6, 6.07) is 9.31. The largest absolute Gasteiger partial charge is 0.370 e. The highest BCUT2D eigenvalue weighted by Crippen LogP contribution is 2.39. The molecule has 0 unspecified atom stereocenters. The number of allylic oxidation sites excluding steroid dienone is 2. The molecule has 0 atom stereocenters. The average Bonchev–Trinajstić information content (AvgIpc) is 2.95. The highest BCUT2D eigenvalue weighted by Gasteiger charge is 2.40. The van der Waals surface area contributed by atoms with Gasteiger partial charge < -0.3 is 5.32 Å². The smallest absolute Gasteiger partial charge is 0.324 e. The zero-order valence-electron chi connectivity index (χ0n) is 13.7. The van der Waals surface area contributed by atoms with Crippen molar-refractivity contribution in [2.75, 3.05) is 0 Å². The topological polar surface area (TPSA) is 29.1 Å². The van der Waals surface area contributed by atoms with Crippen LogP contribution in [-0.2, 0) is 23.7 Å². The van der Waals surface area contributed by atoms with E-state index in [2.05, 4.69) is 11.9 Å². The number of alkyl halides is 2. The van der Waals surface area contributed by atoms with Crippen molar-refractivity contribution in [3.63, 3.8) is 0 Å². The Bertz CT molecular complexity index is 933. The molecule has 2 aromatic rings. The molecule has 134 valence electrons. The van der Waals surface area contributed by atoms with E-state index in [4.69, 9.17) is 23.2 Å². The molecule has 1 aliphatic carbocycles. The van der Waals surface area contributed by atoms with E-state index in [1.54, 1.807) is 0 Å². The fraction of sp³-hybridized carbons (Fsp3) is 0.200. The zero-order chi connectivity index (χ0) is 18.9. The molecule has 0 radical (unpaired) electrons. The molecule has 0 fully saturated rings. The van der Waals surface area contributed by atoms with Gasteiger partial charge in [0.1, 0.15) is 0 Å². The van der Waals surface area contributed by atoms with Crippen molar-refractivity contribution in [2.45, 2.75) is 25.3 Å². The van der Waals surface area contributed by atoms with Crippen LogP contribution in [0.5, 0.6) is 0 Å². The summed E-state index contributed by atoms with van der Waals surface area (Å²) >= 11 is 11.6. The third-order valence-electron chi connectivity index (χ3n) is 4.40. The van der Waals surface area contributed by atoms with Gasteiger partial charge in [-0.05, 0) is 53.3 Å². The van der Waals surface area contributed by atoms with Crippen LogP contribution in [0.4, 0.5) is 8.78 Å². The van der Waals surface area contributed by atoms with Crippen LogP contribution in [0.2, 0.25) is 10.0 Å². The van der Waals surface area contributed by atoms with Gasteiger partial charge in [-0.15, -0.1) is 0 Å². The fourth-order valence-electron chi connectivity index (χ4n) is 3.01. The minimum atomic E-state index is -3.60. The first-order valence-corrected chi connectivity index (χ1v) is 8.71. The Morgan fingerprint density at radius 2 is 1.96 bits per heavy atom. The normalized spacial score (nSPS) is 13.3. The van der Waals surface area contributed by atoms with Gasteiger partial charge in [-0.1, -0.05) is 48.0 Å². The van der Waals surface area contributed by atoms with Crippen molar-refractivity contribution in [3.8, 4) is 0 Å². The number of hydrogen-bond donors (Lipinski definition) is 1. The standard InChI is InChI=1S/C20H15Cl2F2NO/c1-12-2-4-14-8-13(3-6-16(12)14)10-25-19(11-26)20(23,24)17-7-5-15(21)9-18(17)22/h3,5-9,25H,1-2,4,10H2. The van der Waals surface area contributed by atoms with Gasteiger partial charge in [0, 0.05) is 17.1 Å². The molecular formula is C20H15Cl2F2NO. The molecule has 0 heterocycles. The van der Waals surface area contributed by atoms with Crippen molar-refractivity contribution in [2.24, 2.45) is 0 Å². The maximum Gasteiger partial charge on any atom is 0.324 e. The quantitative estimate of drug-likeness (QED) is 0.674. The first kappa shape index (κ1) is 18.7. The molecule has 6 heteroatoms. The third-order valence-corrected chi connectivity index (χ3v) is 4.95. The van der Waals surface area contributed by atoms with E-state index in [0.29, 0.717) is 0 Å². The van der Waals surface area contributed by atoms with E-state index < -0.39 is 17.2 Å². The van der Waals surface area contributed by atoms with Gasteiger partial charge in [0.05, 0.1) is 5.02 Å². The lowest BCUT2D eigenvalue weighted by molar-refractivity contribution is 0.0318. The SMILES string of the molecule is C=C1CCc2cc(CNC(=C=O)C(F)(F)c3ccc(Cl)cc3Cl)ccc21. The van der Waals surface area contributed by atoms with E-state index >= 15 is 0 Å². The molecule has 2 nitrogen and oxygen atoms in total. The van der Waals surface area contributed by atoms with Gasteiger partial charge in [-0.25, -0.2) is 4.79 Å². The molecule has 1 aliphatic rings. The third kappa shape index (κ3) is 3.54. The van der Waals surface area contributed by atoms with Gasteiger partial charge in [0.15, 0.2) is 11.6 Å². The Morgan fingerprint density at radius 3 is 2.65 bits per heavy atom. The van der Waals surface area contributed by atoms with Crippen molar-refractivity contribution < 1.29 is 13.6 Å². The van der Waals surface area contributed by atoms with E-state index in [1.165, 1.54) is 18.1 Å². The molecule has 3 rings (SSSR count). The molecule has 26 heavy (non-hydrogen) atoms. The van der Waals surface area contributed by atoms with E-state index in [1.807, 2.05) is 18.2 Å². The lowest BCUT2D eigenvalue weighted by Crippen LogP contribution is -2.29. The van der Waals surface area contributed by atoms with Crippen molar-refractivity contribution in [3.05, 3.63) is 81.0 Å². The van der Waals surface area contributed by atoms with E-state index in [9.17, 15) is 13.6 Å². The second kappa shape index (κ2) is 7.24. The van der Waals surface area contributed by atoms with Crippen LogP contribution >= 0.6 is 23.2 Å². The lowest BCUT2D eigenvalue weighted by Gasteiger charge is -2.20. The van der Waals surface area contributed by atoms with Crippen LogP contribution in [0.25, 0.3) is 5.57 Å². The minimum absolute atomic E-state index is 0.0745. The second-order valence-corrected chi connectivity index (χ2v) is 6.97. The van der Waals surface area contributed by atoms with Crippen LogP contribution in [0.1, 0.15) is 28.7 Å². The summed E-state index contributed by atoms with van der Waals surface area (Å²) < 4.78 is 29.4. The molecule has 0 bridgehead atoms. The number of halogens is 4. The summed E-state index contributed by atoms with van der Waals surface area (Å²) in [7, 11) is 0. The molecule has 0 amide bonds. The average molecular weight is 394 g/mol. The maximum atomic E-state index is 14.7. The molecule has 0 aromatic heterocycles. The van der Waals surface area contributed by atoms with Crippen LogP contribution in [0, 0.1) is 0 Å². The van der Waals surface area contributed by atoms with E-state index in [0.717, 1.165) is 41.2 Å². The summed E-state index contributed by atoms with van der Waals surface area (Å²) in [6.07, 6.45) is 1.79. The molecule has 0 saturated heterocycles. The monoisotopic (exact) mass is 393 g/mol. The highest BCUT2D eigenvalue weighted by atomic mass is 35.5. The van der Waals surface area contributed by atoms with Gasteiger partial charge in [0.2, 0.25) is 0 Å². The van der Waals surface area contributed by atoms with Gasteiger partial charge in [-0.2, -0.15) is 8.78 Å². The molecule has 0 spiro atoms. The van der Waals surface area contributed by atoms with Crippen molar-refractivity contribution >= 4 is 34.7 Å². The number of benzene rings is 2. The Kier molecular flexibility index (Phi) is 5.19.